The minimum atomic E-state index is -4.19. The molecule has 1 aromatic carbocycles. The second-order valence-corrected chi connectivity index (χ2v) is 6.96. The Kier molecular flexibility index (Phi) is 7.09. The second kappa shape index (κ2) is 9.75. The summed E-state index contributed by atoms with van der Waals surface area (Å²) in [6.45, 7) is 0.222. The minimum absolute atomic E-state index is 0.103. The van der Waals surface area contributed by atoms with Gasteiger partial charge in [-0.05, 0) is 42.3 Å². The van der Waals surface area contributed by atoms with Crippen molar-refractivity contribution in [1.82, 2.24) is 20.5 Å². The van der Waals surface area contributed by atoms with E-state index in [0.29, 0.717) is 43.6 Å². The van der Waals surface area contributed by atoms with E-state index in [2.05, 4.69) is 20.6 Å². The van der Waals surface area contributed by atoms with Crippen LogP contribution in [0.4, 0.5) is 17.6 Å². The number of hydrogen-bond donors (Lipinski definition) is 2. The summed E-state index contributed by atoms with van der Waals surface area (Å²) in [6.07, 6.45) is -1.98. The van der Waals surface area contributed by atoms with Crippen molar-refractivity contribution in [1.29, 1.82) is 0 Å². The molecule has 1 fully saturated rings. The highest BCUT2D eigenvalue weighted by Gasteiger charge is 2.34. The number of nitrogens with one attached hydrogen (secondary N) is 2. The third kappa shape index (κ3) is 6.87. The van der Waals surface area contributed by atoms with Gasteiger partial charge in [0.15, 0.2) is 5.96 Å². The highest BCUT2D eigenvalue weighted by Crippen LogP contribution is 2.21. The number of aromatic nitrogens is 1. The molecule has 30 heavy (non-hydrogen) atoms. The van der Waals surface area contributed by atoms with Crippen molar-refractivity contribution in [3.8, 4) is 11.6 Å². The summed E-state index contributed by atoms with van der Waals surface area (Å²) < 4.78 is 56.2. The van der Waals surface area contributed by atoms with Gasteiger partial charge in [-0.1, -0.05) is 0 Å². The first kappa shape index (κ1) is 21.8. The fraction of sp³-hybridized carbons (Fsp3) is 0.400. The van der Waals surface area contributed by atoms with Gasteiger partial charge in [0.05, 0.1) is 6.54 Å². The maximum Gasteiger partial charge on any atom is 0.401 e. The maximum absolute atomic E-state index is 13.0. The summed E-state index contributed by atoms with van der Waals surface area (Å²) in [5.74, 6) is 0.987. The Morgan fingerprint density at radius 2 is 2.03 bits per heavy atom. The fourth-order valence-electron chi connectivity index (χ4n) is 3.16. The van der Waals surface area contributed by atoms with Crippen molar-refractivity contribution in [2.24, 2.45) is 4.99 Å². The summed E-state index contributed by atoms with van der Waals surface area (Å²) in [4.78, 5) is 9.66. The standard InChI is InChI=1S/C20H23F4N5O/c1-25-19(28-16-7-9-29(12-16)13-20(22,23)24)27-11-14-6-8-26-18(10-14)30-17-4-2-15(21)3-5-17/h2-6,8,10,16H,7,9,11-13H2,1H3,(H2,25,27,28). The Balaban J connectivity index is 1.50. The molecule has 0 amide bonds. The minimum Gasteiger partial charge on any atom is -0.439 e. The zero-order valence-corrected chi connectivity index (χ0v) is 16.4. The number of aliphatic imine (C=N–C) groups is 1. The van der Waals surface area contributed by atoms with Crippen molar-refractivity contribution >= 4 is 5.96 Å². The van der Waals surface area contributed by atoms with Crippen LogP contribution in [0.2, 0.25) is 0 Å². The van der Waals surface area contributed by atoms with Gasteiger partial charge in [-0.15, -0.1) is 0 Å². The van der Waals surface area contributed by atoms with Crippen LogP contribution in [0.1, 0.15) is 12.0 Å². The largest absolute Gasteiger partial charge is 0.439 e. The number of alkyl halides is 3. The van der Waals surface area contributed by atoms with Gasteiger partial charge in [0, 0.05) is 45.0 Å². The SMILES string of the molecule is CN=C(NCc1ccnc(Oc2ccc(F)cc2)c1)NC1CCN(CC(F)(F)F)C1. The first-order valence-electron chi connectivity index (χ1n) is 9.45. The monoisotopic (exact) mass is 425 g/mol. The molecule has 0 radical (unpaired) electrons. The number of guanidine groups is 1. The number of likely N-dealkylation sites (tertiary alicyclic amines) is 1. The Morgan fingerprint density at radius 3 is 2.73 bits per heavy atom. The first-order valence-corrected chi connectivity index (χ1v) is 9.45. The lowest BCUT2D eigenvalue weighted by molar-refractivity contribution is -0.143. The van der Waals surface area contributed by atoms with Crippen molar-refractivity contribution in [3.63, 3.8) is 0 Å². The van der Waals surface area contributed by atoms with Gasteiger partial charge in [0.1, 0.15) is 11.6 Å². The Labute approximate surface area is 172 Å². The van der Waals surface area contributed by atoms with Crippen LogP contribution in [0.25, 0.3) is 0 Å². The highest BCUT2D eigenvalue weighted by atomic mass is 19.4. The van der Waals surface area contributed by atoms with Gasteiger partial charge in [0.25, 0.3) is 0 Å². The summed E-state index contributed by atoms with van der Waals surface area (Å²) in [5.41, 5.74) is 0.871. The lowest BCUT2D eigenvalue weighted by atomic mass is 10.2. The molecule has 1 aliphatic heterocycles. The zero-order chi connectivity index (χ0) is 21.6. The molecule has 2 heterocycles. The number of benzene rings is 1. The van der Waals surface area contributed by atoms with Crippen molar-refractivity contribution < 1.29 is 22.3 Å². The Morgan fingerprint density at radius 1 is 1.27 bits per heavy atom. The van der Waals surface area contributed by atoms with E-state index in [-0.39, 0.29) is 11.9 Å². The zero-order valence-electron chi connectivity index (χ0n) is 16.4. The quantitative estimate of drug-likeness (QED) is 0.423. The molecule has 1 aromatic heterocycles. The molecular formula is C20H23F4N5O. The third-order valence-electron chi connectivity index (χ3n) is 4.53. The van der Waals surface area contributed by atoms with Crippen LogP contribution in [0.15, 0.2) is 47.6 Å². The van der Waals surface area contributed by atoms with Crippen LogP contribution in [-0.2, 0) is 6.54 Å². The van der Waals surface area contributed by atoms with Crippen molar-refractivity contribution in [3.05, 3.63) is 54.0 Å². The summed E-state index contributed by atoms with van der Waals surface area (Å²) >= 11 is 0. The van der Waals surface area contributed by atoms with E-state index in [1.54, 1.807) is 25.4 Å². The van der Waals surface area contributed by atoms with E-state index < -0.39 is 12.7 Å². The number of halogens is 4. The van der Waals surface area contributed by atoms with Crippen LogP contribution >= 0.6 is 0 Å². The number of rotatable bonds is 6. The molecule has 0 spiro atoms. The first-order chi connectivity index (χ1) is 14.3. The van der Waals surface area contributed by atoms with Crippen LogP contribution in [0.3, 0.4) is 0 Å². The molecule has 3 rings (SSSR count). The predicted octanol–water partition coefficient (Wildman–Crippen LogP) is 3.31. The lowest BCUT2D eigenvalue weighted by Crippen LogP contribution is -2.44. The third-order valence-corrected chi connectivity index (χ3v) is 4.53. The van der Waals surface area contributed by atoms with Gasteiger partial charge in [-0.25, -0.2) is 9.37 Å². The molecule has 1 atom stereocenters. The second-order valence-electron chi connectivity index (χ2n) is 6.96. The molecule has 0 aliphatic carbocycles. The molecule has 0 bridgehead atoms. The van der Waals surface area contributed by atoms with E-state index in [1.807, 2.05) is 0 Å². The van der Waals surface area contributed by atoms with Gasteiger partial charge in [0.2, 0.25) is 5.88 Å². The van der Waals surface area contributed by atoms with Crippen LogP contribution in [0, 0.1) is 5.82 Å². The smallest absolute Gasteiger partial charge is 0.401 e. The molecular weight excluding hydrogens is 402 g/mol. The Bertz CT molecular complexity index is 857. The molecule has 0 saturated carbocycles. The summed E-state index contributed by atoms with van der Waals surface area (Å²) in [7, 11) is 1.60. The average Bonchev–Trinajstić information content (AvgIpc) is 3.12. The van der Waals surface area contributed by atoms with E-state index in [4.69, 9.17) is 4.74 Å². The summed E-state index contributed by atoms with van der Waals surface area (Å²) in [6, 6.07) is 9.07. The van der Waals surface area contributed by atoms with Crippen molar-refractivity contribution in [2.75, 3.05) is 26.7 Å². The van der Waals surface area contributed by atoms with Crippen LogP contribution < -0.4 is 15.4 Å². The van der Waals surface area contributed by atoms with Gasteiger partial charge in [-0.2, -0.15) is 13.2 Å². The molecule has 2 aromatic rings. The molecule has 6 nitrogen and oxygen atoms in total. The molecule has 1 saturated heterocycles. The molecule has 1 unspecified atom stereocenters. The van der Waals surface area contributed by atoms with E-state index in [0.717, 1.165) is 5.56 Å². The number of hydrogen-bond acceptors (Lipinski definition) is 4. The number of pyridine rings is 1. The summed E-state index contributed by atoms with van der Waals surface area (Å²) in [5, 5.41) is 6.30. The van der Waals surface area contributed by atoms with Crippen molar-refractivity contribution in [2.45, 2.75) is 25.2 Å². The topological polar surface area (TPSA) is 61.8 Å². The molecule has 1 aliphatic rings. The average molecular weight is 425 g/mol. The van der Waals surface area contributed by atoms with E-state index in [9.17, 15) is 17.6 Å². The van der Waals surface area contributed by atoms with E-state index in [1.165, 1.54) is 29.2 Å². The Hall–Kier alpha value is -2.88. The molecule has 162 valence electrons. The van der Waals surface area contributed by atoms with Gasteiger partial charge in [-0.3, -0.25) is 9.89 Å². The van der Waals surface area contributed by atoms with Crippen LogP contribution in [0.5, 0.6) is 11.6 Å². The normalized spacial score (nSPS) is 17.8. The van der Waals surface area contributed by atoms with Crippen LogP contribution in [-0.4, -0.2) is 54.7 Å². The maximum atomic E-state index is 13.0. The molecule has 2 N–H and O–H groups in total. The van der Waals surface area contributed by atoms with E-state index >= 15 is 0 Å². The fourth-order valence-corrected chi connectivity index (χ4v) is 3.16. The lowest BCUT2D eigenvalue weighted by Gasteiger charge is -2.20. The molecule has 10 heteroatoms. The highest BCUT2D eigenvalue weighted by molar-refractivity contribution is 5.80. The number of nitrogens with zero attached hydrogens (tertiary/aromatic N) is 3. The van der Waals surface area contributed by atoms with Gasteiger partial charge < -0.3 is 15.4 Å². The predicted molar refractivity (Wildman–Crippen MR) is 105 cm³/mol. The van der Waals surface area contributed by atoms with Gasteiger partial charge >= 0.3 is 6.18 Å². The number of ether oxygens (including phenoxy) is 1.